The fraction of sp³-hybridized carbons (Fsp3) is 1.00. The van der Waals surface area contributed by atoms with Crippen molar-refractivity contribution in [3.05, 3.63) is 0 Å². The molecule has 3 N–H and O–H groups in total. The molecule has 0 saturated carbocycles. The highest BCUT2D eigenvalue weighted by atomic mass is 16.3. The first-order valence-corrected chi connectivity index (χ1v) is 9.58. The number of hydrogen-bond acceptors (Lipinski definition) is 2. The second-order valence-electron chi connectivity index (χ2n) is 6.86. The molecule has 0 bridgehead atoms. The SMILES string of the molecule is CCCCCCCCCCCCCCCC(C)[C@@H](N)CO. The van der Waals surface area contributed by atoms with E-state index in [1.165, 1.54) is 89.9 Å². The second kappa shape index (κ2) is 16.3. The van der Waals surface area contributed by atoms with Gasteiger partial charge in [-0.1, -0.05) is 97.3 Å². The average Bonchev–Trinajstić information content (AvgIpc) is 2.50. The topological polar surface area (TPSA) is 46.2 Å². The second-order valence-corrected chi connectivity index (χ2v) is 6.86. The van der Waals surface area contributed by atoms with E-state index in [-0.39, 0.29) is 12.6 Å². The van der Waals surface area contributed by atoms with Crippen molar-refractivity contribution in [2.45, 2.75) is 110 Å². The fourth-order valence-electron chi connectivity index (χ4n) is 2.88. The molecule has 128 valence electrons. The molecule has 0 spiro atoms. The van der Waals surface area contributed by atoms with Crippen molar-refractivity contribution in [3.8, 4) is 0 Å². The number of aliphatic hydroxyl groups is 1. The lowest BCUT2D eigenvalue weighted by atomic mass is 9.96. The van der Waals surface area contributed by atoms with Crippen molar-refractivity contribution in [1.82, 2.24) is 0 Å². The number of nitrogens with two attached hydrogens (primary N) is 1. The van der Waals surface area contributed by atoms with Crippen molar-refractivity contribution < 1.29 is 5.11 Å². The molecule has 0 aliphatic heterocycles. The quantitative estimate of drug-likeness (QED) is 0.374. The molecule has 0 aromatic carbocycles. The lowest BCUT2D eigenvalue weighted by Gasteiger charge is -2.17. The Morgan fingerprint density at radius 3 is 1.48 bits per heavy atom. The molecule has 0 aliphatic carbocycles. The summed E-state index contributed by atoms with van der Waals surface area (Å²) in [6.07, 6.45) is 19.4. The zero-order valence-corrected chi connectivity index (χ0v) is 14.8. The molecule has 0 fully saturated rings. The summed E-state index contributed by atoms with van der Waals surface area (Å²) in [7, 11) is 0. The highest BCUT2D eigenvalue weighted by molar-refractivity contribution is 4.67. The molecule has 21 heavy (non-hydrogen) atoms. The van der Waals surface area contributed by atoms with Gasteiger partial charge in [-0.3, -0.25) is 0 Å². The van der Waals surface area contributed by atoms with Gasteiger partial charge in [-0.05, 0) is 12.3 Å². The number of unbranched alkanes of at least 4 members (excludes halogenated alkanes) is 12. The molecule has 0 heterocycles. The van der Waals surface area contributed by atoms with E-state index in [0.29, 0.717) is 5.92 Å². The molecule has 0 rings (SSSR count). The Labute approximate surface area is 133 Å². The number of aliphatic hydroxyl groups excluding tert-OH is 1. The van der Waals surface area contributed by atoms with Crippen LogP contribution in [0.25, 0.3) is 0 Å². The van der Waals surface area contributed by atoms with E-state index in [1.54, 1.807) is 0 Å². The van der Waals surface area contributed by atoms with Crippen LogP contribution in [-0.2, 0) is 0 Å². The van der Waals surface area contributed by atoms with Crippen LogP contribution >= 0.6 is 0 Å². The van der Waals surface area contributed by atoms with Gasteiger partial charge >= 0.3 is 0 Å². The predicted octanol–water partition coefficient (Wildman–Crippen LogP) is 5.42. The van der Waals surface area contributed by atoms with Crippen LogP contribution in [0, 0.1) is 5.92 Å². The zero-order valence-electron chi connectivity index (χ0n) is 14.8. The number of rotatable bonds is 16. The minimum absolute atomic E-state index is 0.0256. The minimum Gasteiger partial charge on any atom is -0.395 e. The maximum Gasteiger partial charge on any atom is 0.0585 e. The summed E-state index contributed by atoms with van der Waals surface area (Å²) in [5.74, 6) is 0.461. The van der Waals surface area contributed by atoms with Crippen LogP contribution < -0.4 is 5.73 Å². The van der Waals surface area contributed by atoms with Gasteiger partial charge in [0.1, 0.15) is 0 Å². The third-order valence-corrected chi connectivity index (χ3v) is 4.70. The standard InChI is InChI=1S/C19H41NO/c1-3-4-5-6-7-8-9-10-11-12-13-14-15-16-18(2)19(20)17-21/h18-19,21H,3-17,20H2,1-2H3/t18?,19-/m0/s1. The first-order valence-electron chi connectivity index (χ1n) is 9.58. The maximum absolute atomic E-state index is 8.98. The molecule has 0 aromatic heterocycles. The van der Waals surface area contributed by atoms with Crippen molar-refractivity contribution in [3.63, 3.8) is 0 Å². The molecule has 2 nitrogen and oxygen atoms in total. The summed E-state index contributed by atoms with van der Waals surface area (Å²) >= 11 is 0. The molecule has 0 amide bonds. The van der Waals surface area contributed by atoms with Crippen molar-refractivity contribution >= 4 is 0 Å². The summed E-state index contributed by atoms with van der Waals surface area (Å²) in [6, 6.07) is -0.0256. The third-order valence-electron chi connectivity index (χ3n) is 4.70. The van der Waals surface area contributed by atoms with Gasteiger partial charge in [-0.25, -0.2) is 0 Å². The molecule has 0 saturated heterocycles. The Bertz CT molecular complexity index is 196. The Balaban J connectivity index is 3.09. The summed E-state index contributed by atoms with van der Waals surface area (Å²) in [5, 5.41) is 8.98. The van der Waals surface area contributed by atoms with E-state index >= 15 is 0 Å². The molecule has 0 aliphatic rings. The Morgan fingerprint density at radius 2 is 1.10 bits per heavy atom. The van der Waals surface area contributed by atoms with Crippen LogP contribution in [0.15, 0.2) is 0 Å². The van der Waals surface area contributed by atoms with E-state index in [9.17, 15) is 0 Å². The summed E-state index contributed by atoms with van der Waals surface area (Å²) in [6.45, 7) is 4.56. The lowest BCUT2D eigenvalue weighted by molar-refractivity contribution is 0.226. The molecule has 2 heteroatoms. The van der Waals surface area contributed by atoms with E-state index in [4.69, 9.17) is 10.8 Å². The van der Waals surface area contributed by atoms with Crippen LogP contribution in [0.1, 0.15) is 104 Å². The fourth-order valence-corrected chi connectivity index (χ4v) is 2.88. The van der Waals surface area contributed by atoms with Gasteiger partial charge in [-0.15, -0.1) is 0 Å². The minimum atomic E-state index is -0.0256. The van der Waals surface area contributed by atoms with Crippen LogP contribution in [0.2, 0.25) is 0 Å². The predicted molar refractivity (Wildman–Crippen MR) is 94.5 cm³/mol. The summed E-state index contributed by atoms with van der Waals surface area (Å²) in [5.41, 5.74) is 5.81. The smallest absolute Gasteiger partial charge is 0.0585 e. The van der Waals surface area contributed by atoms with E-state index < -0.39 is 0 Å². The molecule has 0 radical (unpaired) electrons. The highest BCUT2D eigenvalue weighted by Gasteiger charge is 2.10. The Morgan fingerprint density at radius 1 is 0.714 bits per heavy atom. The first kappa shape index (κ1) is 20.9. The van der Waals surface area contributed by atoms with Gasteiger partial charge in [0.15, 0.2) is 0 Å². The van der Waals surface area contributed by atoms with Crippen LogP contribution in [0.3, 0.4) is 0 Å². The third kappa shape index (κ3) is 14.6. The average molecular weight is 300 g/mol. The van der Waals surface area contributed by atoms with Crippen molar-refractivity contribution in [2.24, 2.45) is 11.7 Å². The molecular formula is C19H41NO. The van der Waals surface area contributed by atoms with Crippen molar-refractivity contribution in [1.29, 1.82) is 0 Å². The van der Waals surface area contributed by atoms with E-state index in [2.05, 4.69) is 13.8 Å². The summed E-state index contributed by atoms with van der Waals surface area (Å²) < 4.78 is 0. The molecule has 0 aromatic rings. The molecule has 1 unspecified atom stereocenters. The van der Waals surface area contributed by atoms with Crippen LogP contribution in [-0.4, -0.2) is 17.8 Å². The molecule has 2 atom stereocenters. The van der Waals surface area contributed by atoms with Crippen LogP contribution in [0.5, 0.6) is 0 Å². The van der Waals surface area contributed by atoms with Crippen molar-refractivity contribution in [2.75, 3.05) is 6.61 Å². The van der Waals surface area contributed by atoms with Gasteiger partial charge in [0.2, 0.25) is 0 Å². The van der Waals surface area contributed by atoms with E-state index in [1.807, 2.05) is 0 Å². The summed E-state index contributed by atoms with van der Waals surface area (Å²) in [4.78, 5) is 0. The lowest BCUT2D eigenvalue weighted by Crippen LogP contribution is -2.31. The van der Waals surface area contributed by atoms with Gasteiger partial charge < -0.3 is 10.8 Å². The van der Waals surface area contributed by atoms with Gasteiger partial charge in [0, 0.05) is 6.04 Å². The molecular weight excluding hydrogens is 258 g/mol. The highest BCUT2D eigenvalue weighted by Crippen LogP contribution is 2.15. The maximum atomic E-state index is 8.98. The van der Waals surface area contributed by atoms with Crippen LogP contribution in [0.4, 0.5) is 0 Å². The van der Waals surface area contributed by atoms with Gasteiger partial charge in [0.25, 0.3) is 0 Å². The zero-order chi connectivity index (χ0) is 15.8. The van der Waals surface area contributed by atoms with E-state index in [0.717, 1.165) is 0 Å². The van der Waals surface area contributed by atoms with Gasteiger partial charge in [-0.2, -0.15) is 0 Å². The monoisotopic (exact) mass is 299 g/mol. The normalized spacial score (nSPS) is 14.3. The Hall–Kier alpha value is -0.0800. The Kier molecular flexibility index (Phi) is 16.2. The number of hydrogen-bond donors (Lipinski definition) is 2. The largest absolute Gasteiger partial charge is 0.395 e. The van der Waals surface area contributed by atoms with Gasteiger partial charge in [0.05, 0.1) is 6.61 Å². The first-order chi connectivity index (χ1) is 10.2.